The van der Waals surface area contributed by atoms with Crippen molar-refractivity contribution in [1.82, 2.24) is 0 Å². The molecule has 1 aliphatic carbocycles. The van der Waals surface area contributed by atoms with Gasteiger partial charge in [0.25, 0.3) is 0 Å². The minimum Gasteiger partial charge on any atom is -0.300 e. The summed E-state index contributed by atoms with van der Waals surface area (Å²) in [6.07, 6.45) is 9.55. The third-order valence-electron chi connectivity index (χ3n) is 2.91. The topological polar surface area (TPSA) is 34.1 Å². The van der Waals surface area contributed by atoms with Crippen molar-refractivity contribution in [3.05, 3.63) is 23.3 Å². The Morgan fingerprint density at radius 1 is 1.22 bits per heavy atom. The van der Waals surface area contributed by atoms with Crippen LogP contribution in [0, 0.1) is 0 Å². The summed E-state index contributed by atoms with van der Waals surface area (Å²) < 4.78 is 0. The highest BCUT2D eigenvalue weighted by atomic mass is 16.1. The Kier molecular flexibility index (Phi) is 9.17. The second kappa shape index (κ2) is 9.81. The number of carbonyl (C=O) groups excluding carboxylic acids is 2. The van der Waals surface area contributed by atoms with Crippen LogP contribution in [-0.2, 0) is 9.59 Å². The van der Waals surface area contributed by atoms with Crippen LogP contribution in [0.2, 0.25) is 0 Å². The normalized spacial score (nSPS) is 15.0. The van der Waals surface area contributed by atoms with Gasteiger partial charge in [0.1, 0.15) is 5.78 Å². The quantitative estimate of drug-likeness (QED) is 0.678. The number of rotatable bonds is 5. The third-order valence-corrected chi connectivity index (χ3v) is 2.91. The molecular formula is C16H26O2. The van der Waals surface area contributed by atoms with Gasteiger partial charge in [-0.3, -0.25) is 4.79 Å². The lowest BCUT2D eigenvalue weighted by atomic mass is 10.1. The van der Waals surface area contributed by atoms with Crippen LogP contribution in [-0.4, -0.2) is 11.6 Å². The molecule has 18 heavy (non-hydrogen) atoms. The number of Topliss-reactive ketones (excluding diaryl/α,β-unsaturated/α-hetero) is 2. The summed E-state index contributed by atoms with van der Waals surface area (Å²) >= 11 is 0. The maximum Gasteiger partial charge on any atom is 0.159 e. The molecule has 2 heteroatoms. The highest BCUT2D eigenvalue weighted by Gasteiger charge is 2.17. The summed E-state index contributed by atoms with van der Waals surface area (Å²) in [7, 11) is 0. The first-order chi connectivity index (χ1) is 8.52. The highest BCUT2D eigenvalue weighted by Crippen LogP contribution is 2.24. The lowest BCUT2D eigenvalue weighted by Crippen LogP contribution is -1.94. The molecule has 0 unspecified atom stereocenters. The van der Waals surface area contributed by atoms with Gasteiger partial charge in [0.05, 0.1) is 0 Å². The van der Waals surface area contributed by atoms with E-state index in [1.165, 1.54) is 5.57 Å². The lowest BCUT2D eigenvalue weighted by molar-refractivity contribution is -0.117. The molecule has 0 aromatic rings. The minimum atomic E-state index is 0.289. The molecule has 0 atom stereocenters. The highest BCUT2D eigenvalue weighted by molar-refractivity contribution is 5.98. The Bertz CT molecular complexity index is 335. The van der Waals surface area contributed by atoms with Crippen LogP contribution in [0.25, 0.3) is 0 Å². The zero-order valence-electron chi connectivity index (χ0n) is 12.2. The SMILES string of the molecule is CCC=CCC1=C(C)CCC1=O.CCCC(C)=O. The van der Waals surface area contributed by atoms with E-state index < -0.39 is 0 Å². The van der Waals surface area contributed by atoms with E-state index in [4.69, 9.17) is 0 Å². The third kappa shape index (κ3) is 7.21. The molecule has 0 radical (unpaired) electrons. The van der Waals surface area contributed by atoms with Crippen LogP contribution in [0.4, 0.5) is 0 Å². The fraction of sp³-hybridized carbons (Fsp3) is 0.625. The second-order valence-corrected chi connectivity index (χ2v) is 4.72. The summed E-state index contributed by atoms with van der Waals surface area (Å²) in [4.78, 5) is 21.3. The van der Waals surface area contributed by atoms with Gasteiger partial charge in [-0.1, -0.05) is 31.6 Å². The van der Waals surface area contributed by atoms with Crippen molar-refractivity contribution in [1.29, 1.82) is 0 Å². The molecule has 0 N–H and O–H groups in total. The first-order valence-corrected chi connectivity index (χ1v) is 6.89. The van der Waals surface area contributed by atoms with Gasteiger partial charge in [0.2, 0.25) is 0 Å². The van der Waals surface area contributed by atoms with Crippen LogP contribution in [0.1, 0.15) is 66.2 Å². The van der Waals surface area contributed by atoms with Crippen molar-refractivity contribution >= 4 is 11.6 Å². The average molecular weight is 250 g/mol. The summed E-state index contributed by atoms with van der Waals surface area (Å²) in [5.74, 6) is 0.644. The Hall–Kier alpha value is -1.18. The Balaban J connectivity index is 0.000000411. The summed E-state index contributed by atoms with van der Waals surface area (Å²) in [5, 5.41) is 0. The molecule has 102 valence electrons. The van der Waals surface area contributed by atoms with E-state index in [1.54, 1.807) is 6.92 Å². The predicted molar refractivity (Wildman–Crippen MR) is 76.6 cm³/mol. The van der Waals surface area contributed by atoms with Crippen LogP contribution in [0.15, 0.2) is 23.3 Å². The Morgan fingerprint density at radius 2 is 1.89 bits per heavy atom. The van der Waals surface area contributed by atoms with E-state index in [1.807, 2.05) is 6.92 Å². The van der Waals surface area contributed by atoms with E-state index in [9.17, 15) is 9.59 Å². The van der Waals surface area contributed by atoms with E-state index in [0.717, 1.165) is 44.1 Å². The standard InChI is InChI=1S/C11H16O.C5H10O/c1-3-4-5-6-10-9(2)7-8-11(10)12;1-3-4-5(2)6/h4-5H,3,6-8H2,1-2H3;3-4H2,1-2H3. The fourth-order valence-electron chi connectivity index (χ4n) is 1.85. The molecule has 0 aromatic carbocycles. The van der Waals surface area contributed by atoms with Gasteiger partial charge in [-0.05, 0) is 45.1 Å². The first kappa shape index (κ1) is 16.8. The molecule has 0 bridgehead atoms. The van der Waals surface area contributed by atoms with Gasteiger partial charge >= 0.3 is 0 Å². The molecule has 2 nitrogen and oxygen atoms in total. The van der Waals surface area contributed by atoms with Crippen molar-refractivity contribution in [2.45, 2.75) is 66.2 Å². The molecular weight excluding hydrogens is 224 g/mol. The molecule has 0 aromatic heterocycles. The van der Waals surface area contributed by atoms with Crippen molar-refractivity contribution in [3.63, 3.8) is 0 Å². The Labute approximate surface area is 111 Å². The molecule has 1 rings (SSSR count). The summed E-state index contributed by atoms with van der Waals surface area (Å²) in [6.45, 7) is 7.79. The number of hydrogen-bond donors (Lipinski definition) is 0. The fourth-order valence-corrected chi connectivity index (χ4v) is 1.85. The molecule has 0 aliphatic heterocycles. The van der Waals surface area contributed by atoms with Crippen molar-refractivity contribution in [3.8, 4) is 0 Å². The zero-order chi connectivity index (χ0) is 14.0. The summed E-state index contributed by atoms with van der Waals surface area (Å²) in [5.41, 5.74) is 2.35. The van der Waals surface area contributed by atoms with Gasteiger partial charge in [0.15, 0.2) is 5.78 Å². The second-order valence-electron chi connectivity index (χ2n) is 4.72. The van der Waals surface area contributed by atoms with Crippen LogP contribution in [0.5, 0.6) is 0 Å². The number of ketones is 2. The maximum absolute atomic E-state index is 11.3. The monoisotopic (exact) mass is 250 g/mol. The van der Waals surface area contributed by atoms with Crippen molar-refractivity contribution in [2.75, 3.05) is 0 Å². The van der Waals surface area contributed by atoms with E-state index >= 15 is 0 Å². The van der Waals surface area contributed by atoms with Crippen molar-refractivity contribution < 1.29 is 9.59 Å². The zero-order valence-corrected chi connectivity index (χ0v) is 12.2. The van der Waals surface area contributed by atoms with E-state index in [2.05, 4.69) is 26.0 Å². The minimum absolute atomic E-state index is 0.289. The summed E-state index contributed by atoms with van der Waals surface area (Å²) in [6, 6.07) is 0. The molecule has 0 fully saturated rings. The van der Waals surface area contributed by atoms with E-state index in [0.29, 0.717) is 5.78 Å². The molecule has 1 aliphatic rings. The molecule has 0 amide bonds. The van der Waals surface area contributed by atoms with Crippen LogP contribution in [0.3, 0.4) is 0 Å². The smallest absolute Gasteiger partial charge is 0.159 e. The van der Waals surface area contributed by atoms with Crippen molar-refractivity contribution in [2.24, 2.45) is 0 Å². The first-order valence-electron chi connectivity index (χ1n) is 6.89. The van der Waals surface area contributed by atoms with Crippen LogP contribution >= 0.6 is 0 Å². The number of carbonyl (C=O) groups is 2. The molecule has 0 saturated heterocycles. The predicted octanol–water partition coefficient (Wildman–Crippen LogP) is 4.40. The van der Waals surface area contributed by atoms with Gasteiger partial charge < -0.3 is 4.79 Å². The maximum atomic E-state index is 11.3. The average Bonchev–Trinajstić information content (AvgIpc) is 2.61. The van der Waals surface area contributed by atoms with Gasteiger partial charge in [-0.25, -0.2) is 0 Å². The van der Waals surface area contributed by atoms with Gasteiger partial charge in [-0.15, -0.1) is 0 Å². The van der Waals surface area contributed by atoms with Gasteiger partial charge in [0, 0.05) is 12.8 Å². The number of allylic oxidation sites excluding steroid dienone is 4. The lowest BCUT2D eigenvalue weighted by Gasteiger charge is -1.96. The largest absolute Gasteiger partial charge is 0.300 e. The molecule has 0 spiro atoms. The molecule has 0 heterocycles. The number of hydrogen-bond acceptors (Lipinski definition) is 2. The molecule has 0 saturated carbocycles. The Morgan fingerprint density at radius 3 is 2.22 bits per heavy atom. The van der Waals surface area contributed by atoms with Crippen LogP contribution < -0.4 is 0 Å². The van der Waals surface area contributed by atoms with E-state index in [-0.39, 0.29) is 5.78 Å². The van der Waals surface area contributed by atoms with Gasteiger partial charge in [-0.2, -0.15) is 0 Å².